The maximum atomic E-state index is 12.6. The number of carbonyl (C=O) groups excluding carboxylic acids is 1. The number of unbranched alkanes of at least 4 members (excludes halogenated alkanes) is 2. The van der Waals surface area contributed by atoms with E-state index in [1.807, 2.05) is 13.8 Å². The van der Waals surface area contributed by atoms with Gasteiger partial charge in [0.2, 0.25) is 5.91 Å². The SMILES string of the molecule is CCCCN(C(=O)C1CC1)c1c(N)n(CCCC)c(=O)[nH]c1=O. The Hall–Kier alpha value is -2.05. The lowest BCUT2D eigenvalue weighted by Crippen LogP contribution is -2.42. The zero-order valence-corrected chi connectivity index (χ0v) is 13.9. The fraction of sp³-hybridized carbons (Fsp3) is 0.688. The summed E-state index contributed by atoms with van der Waals surface area (Å²) < 4.78 is 1.36. The highest BCUT2D eigenvalue weighted by molar-refractivity contribution is 5.98. The summed E-state index contributed by atoms with van der Waals surface area (Å²) in [5.74, 6) is 0.0234. The minimum absolute atomic E-state index is 0.0123. The van der Waals surface area contributed by atoms with Gasteiger partial charge in [-0.25, -0.2) is 4.79 Å². The molecule has 0 atom stereocenters. The van der Waals surface area contributed by atoms with Crippen molar-refractivity contribution >= 4 is 17.4 Å². The van der Waals surface area contributed by atoms with Crippen LogP contribution in [-0.2, 0) is 11.3 Å². The largest absolute Gasteiger partial charge is 0.383 e. The number of nitrogen functional groups attached to an aromatic ring is 1. The van der Waals surface area contributed by atoms with Crippen LogP contribution in [0.3, 0.4) is 0 Å². The van der Waals surface area contributed by atoms with Gasteiger partial charge in [-0.05, 0) is 25.7 Å². The molecule has 23 heavy (non-hydrogen) atoms. The highest BCUT2D eigenvalue weighted by Crippen LogP contribution is 2.33. The van der Waals surface area contributed by atoms with Crippen molar-refractivity contribution in [1.82, 2.24) is 9.55 Å². The van der Waals surface area contributed by atoms with Crippen LogP contribution in [-0.4, -0.2) is 22.0 Å². The van der Waals surface area contributed by atoms with Gasteiger partial charge in [-0.2, -0.15) is 0 Å². The molecule has 0 saturated heterocycles. The molecular weight excluding hydrogens is 296 g/mol. The van der Waals surface area contributed by atoms with Crippen LogP contribution >= 0.6 is 0 Å². The van der Waals surface area contributed by atoms with E-state index in [-0.39, 0.29) is 23.3 Å². The Morgan fingerprint density at radius 3 is 2.48 bits per heavy atom. The van der Waals surface area contributed by atoms with Crippen molar-refractivity contribution in [2.45, 2.75) is 58.9 Å². The van der Waals surface area contributed by atoms with Crippen molar-refractivity contribution in [1.29, 1.82) is 0 Å². The van der Waals surface area contributed by atoms with Crippen LogP contribution in [0.2, 0.25) is 0 Å². The molecule has 1 aliphatic carbocycles. The lowest BCUT2D eigenvalue weighted by Gasteiger charge is -2.24. The minimum Gasteiger partial charge on any atom is -0.383 e. The summed E-state index contributed by atoms with van der Waals surface area (Å²) in [5.41, 5.74) is 5.14. The predicted molar refractivity (Wildman–Crippen MR) is 90.6 cm³/mol. The molecule has 1 fully saturated rings. The molecule has 0 bridgehead atoms. The van der Waals surface area contributed by atoms with Gasteiger partial charge in [-0.1, -0.05) is 26.7 Å². The van der Waals surface area contributed by atoms with E-state index in [4.69, 9.17) is 5.73 Å². The Kier molecular flexibility index (Phi) is 5.63. The van der Waals surface area contributed by atoms with E-state index >= 15 is 0 Å². The summed E-state index contributed by atoms with van der Waals surface area (Å²) in [6, 6.07) is 0. The van der Waals surface area contributed by atoms with Crippen LogP contribution in [0, 0.1) is 5.92 Å². The Balaban J connectivity index is 2.46. The number of carbonyl (C=O) groups is 1. The van der Waals surface area contributed by atoms with Gasteiger partial charge in [0.1, 0.15) is 5.82 Å². The first kappa shape index (κ1) is 17.3. The second-order valence-corrected chi connectivity index (χ2v) is 6.12. The van der Waals surface area contributed by atoms with Crippen LogP contribution in [0.15, 0.2) is 9.59 Å². The number of hydrogen-bond donors (Lipinski definition) is 2. The third-order valence-corrected chi connectivity index (χ3v) is 4.15. The fourth-order valence-corrected chi connectivity index (χ4v) is 2.58. The van der Waals surface area contributed by atoms with Gasteiger partial charge < -0.3 is 10.6 Å². The van der Waals surface area contributed by atoms with Crippen molar-refractivity contribution in [2.24, 2.45) is 5.92 Å². The normalized spacial score (nSPS) is 14.0. The zero-order chi connectivity index (χ0) is 17.0. The Morgan fingerprint density at radius 1 is 1.26 bits per heavy atom. The molecule has 1 saturated carbocycles. The van der Waals surface area contributed by atoms with Crippen LogP contribution in [0.4, 0.5) is 11.5 Å². The second kappa shape index (κ2) is 7.48. The highest BCUT2D eigenvalue weighted by Gasteiger charge is 2.35. The standard InChI is InChI=1S/C16H26N4O3/c1-3-5-9-19(15(22)11-7-8-11)12-13(17)20(10-6-4-2)16(23)18-14(12)21/h11H,3-10,17H2,1-2H3,(H,18,21,23). The lowest BCUT2D eigenvalue weighted by molar-refractivity contribution is -0.119. The molecule has 0 aliphatic heterocycles. The third kappa shape index (κ3) is 3.83. The van der Waals surface area contributed by atoms with Crippen LogP contribution in [0.25, 0.3) is 0 Å². The maximum Gasteiger partial charge on any atom is 0.330 e. The number of rotatable bonds is 8. The van der Waals surface area contributed by atoms with Crippen LogP contribution in [0.5, 0.6) is 0 Å². The molecule has 128 valence electrons. The summed E-state index contributed by atoms with van der Waals surface area (Å²) in [5, 5.41) is 0. The highest BCUT2D eigenvalue weighted by atomic mass is 16.2. The Morgan fingerprint density at radius 2 is 1.91 bits per heavy atom. The molecule has 0 spiro atoms. The molecule has 0 unspecified atom stereocenters. The Labute approximate surface area is 135 Å². The molecule has 1 heterocycles. The first-order chi connectivity index (χ1) is 11.0. The van der Waals surface area contributed by atoms with Gasteiger partial charge in [0.15, 0.2) is 5.69 Å². The number of aromatic amines is 1. The van der Waals surface area contributed by atoms with E-state index in [1.54, 1.807) is 0 Å². The van der Waals surface area contributed by atoms with Gasteiger partial charge >= 0.3 is 5.69 Å². The van der Waals surface area contributed by atoms with Crippen LogP contribution in [0.1, 0.15) is 52.4 Å². The van der Waals surface area contributed by atoms with Gasteiger partial charge in [0.25, 0.3) is 5.56 Å². The van der Waals surface area contributed by atoms with Gasteiger partial charge in [-0.3, -0.25) is 19.1 Å². The first-order valence-electron chi connectivity index (χ1n) is 8.45. The van der Waals surface area contributed by atoms with E-state index in [9.17, 15) is 14.4 Å². The van der Waals surface area contributed by atoms with Crippen LogP contribution < -0.4 is 21.9 Å². The second-order valence-electron chi connectivity index (χ2n) is 6.12. The maximum absolute atomic E-state index is 12.6. The molecule has 3 N–H and O–H groups in total. The van der Waals surface area contributed by atoms with Gasteiger partial charge in [0.05, 0.1) is 0 Å². The van der Waals surface area contributed by atoms with Gasteiger partial charge in [-0.15, -0.1) is 0 Å². The molecule has 1 amide bonds. The monoisotopic (exact) mass is 322 g/mol. The van der Waals surface area contributed by atoms with E-state index < -0.39 is 11.2 Å². The number of amides is 1. The molecule has 1 aromatic heterocycles. The topological polar surface area (TPSA) is 101 Å². The fourth-order valence-electron chi connectivity index (χ4n) is 2.58. The third-order valence-electron chi connectivity index (χ3n) is 4.15. The molecule has 0 aromatic carbocycles. The summed E-state index contributed by atoms with van der Waals surface area (Å²) in [7, 11) is 0. The van der Waals surface area contributed by atoms with E-state index in [0.29, 0.717) is 13.1 Å². The van der Waals surface area contributed by atoms with Crippen molar-refractivity contribution < 1.29 is 4.79 Å². The van der Waals surface area contributed by atoms with Crippen molar-refractivity contribution in [3.63, 3.8) is 0 Å². The average Bonchev–Trinajstić information content (AvgIpc) is 3.34. The average molecular weight is 322 g/mol. The number of hydrogen-bond acceptors (Lipinski definition) is 4. The quantitative estimate of drug-likeness (QED) is 0.756. The molecule has 1 aliphatic rings. The molecule has 1 aromatic rings. The Bertz CT molecular complexity index is 673. The number of aromatic nitrogens is 2. The number of nitrogens with zero attached hydrogens (tertiary/aromatic N) is 2. The summed E-state index contributed by atoms with van der Waals surface area (Å²) in [6.07, 6.45) is 5.08. The molecule has 7 nitrogen and oxygen atoms in total. The number of nitrogens with one attached hydrogen (secondary N) is 1. The molecule has 2 rings (SSSR count). The predicted octanol–water partition coefficient (Wildman–Crippen LogP) is 1.46. The molecule has 7 heteroatoms. The zero-order valence-electron chi connectivity index (χ0n) is 13.9. The number of nitrogens with two attached hydrogens (primary N) is 1. The molecule has 0 radical (unpaired) electrons. The summed E-state index contributed by atoms with van der Waals surface area (Å²) in [4.78, 5) is 40.6. The summed E-state index contributed by atoms with van der Waals surface area (Å²) >= 11 is 0. The van der Waals surface area contributed by atoms with E-state index in [0.717, 1.165) is 38.5 Å². The first-order valence-corrected chi connectivity index (χ1v) is 8.45. The van der Waals surface area contributed by atoms with Crippen molar-refractivity contribution in [3.8, 4) is 0 Å². The number of H-pyrrole nitrogens is 1. The smallest absolute Gasteiger partial charge is 0.330 e. The summed E-state index contributed by atoms with van der Waals surface area (Å²) in [6.45, 7) is 4.92. The molecular formula is C16H26N4O3. The van der Waals surface area contributed by atoms with Crippen molar-refractivity contribution in [2.75, 3.05) is 17.2 Å². The minimum atomic E-state index is -0.578. The van der Waals surface area contributed by atoms with Gasteiger partial charge in [0, 0.05) is 19.0 Å². The lowest BCUT2D eigenvalue weighted by atomic mass is 10.2. The van der Waals surface area contributed by atoms with Crippen molar-refractivity contribution in [3.05, 3.63) is 20.8 Å². The van der Waals surface area contributed by atoms with E-state index in [1.165, 1.54) is 9.47 Å². The van der Waals surface area contributed by atoms with E-state index in [2.05, 4.69) is 4.98 Å². The number of anilines is 2.